The molecule has 2 unspecified atom stereocenters. The molecule has 2 aliphatic rings. The van der Waals surface area contributed by atoms with E-state index in [2.05, 4.69) is 20.6 Å². The summed E-state index contributed by atoms with van der Waals surface area (Å²) in [7, 11) is 0. The largest absolute Gasteiger partial charge is 0.482 e. The molecule has 24 heavy (non-hydrogen) atoms. The Morgan fingerprint density at radius 3 is 3.00 bits per heavy atom. The molecule has 126 valence electrons. The number of hydrogen-bond donors (Lipinski definition) is 3. The first-order valence-corrected chi connectivity index (χ1v) is 7.78. The van der Waals surface area contributed by atoms with Crippen LogP contribution in [0.4, 0.5) is 11.4 Å². The van der Waals surface area contributed by atoms with E-state index in [4.69, 9.17) is 22.1 Å². The molecule has 8 nitrogen and oxygen atoms in total. The summed E-state index contributed by atoms with van der Waals surface area (Å²) in [6.07, 6.45) is -0.162. The smallest absolute Gasteiger partial charge is 0.262 e. The summed E-state index contributed by atoms with van der Waals surface area (Å²) in [6.45, 7) is 1.86. The van der Waals surface area contributed by atoms with Crippen molar-refractivity contribution in [3.8, 4) is 5.75 Å². The second-order valence-corrected chi connectivity index (χ2v) is 5.69. The SMILES string of the molecule is CCC1=NC(C(N)=O)C(Nc2ccc3c(c2)NC(=O)CO3)N=C1Cl. The van der Waals surface area contributed by atoms with Crippen LogP contribution in [0.1, 0.15) is 13.3 Å². The lowest BCUT2D eigenvalue weighted by molar-refractivity contribution is -0.119. The van der Waals surface area contributed by atoms with Gasteiger partial charge >= 0.3 is 0 Å². The molecule has 2 atom stereocenters. The van der Waals surface area contributed by atoms with E-state index < -0.39 is 18.1 Å². The molecule has 0 saturated carbocycles. The molecule has 0 bridgehead atoms. The molecule has 0 aliphatic carbocycles. The monoisotopic (exact) mass is 349 g/mol. The highest BCUT2D eigenvalue weighted by atomic mass is 35.5. The summed E-state index contributed by atoms with van der Waals surface area (Å²) >= 11 is 6.10. The number of fused-ring (bicyclic) bond motifs is 1. The second-order valence-electron chi connectivity index (χ2n) is 5.33. The molecule has 4 N–H and O–H groups in total. The number of nitrogens with zero attached hydrogens (tertiary/aromatic N) is 2. The molecule has 1 aromatic carbocycles. The Balaban J connectivity index is 1.85. The fourth-order valence-corrected chi connectivity index (χ4v) is 2.76. The van der Waals surface area contributed by atoms with Gasteiger partial charge in [-0.25, -0.2) is 4.99 Å². The van der Waals surface area contributed by atoms with Crippen molar-refractivity contribution in [3.05, 3.63) is 18.2 Å². The van der Waals surface area contributed by atoms with E-state index in [1.54, 1.807) is 18.2 Å². The predicted molar refractivity (Wildman–Crippen MR) is 92.0 cm³/mol. The van der Waals surface area contributed by atoms with Crippen molar-refractivity contribution in [3.63, 3.8) is 0 Å². The molecule has 9 heteroatoms. The number of ether oxygens (including phenoxy) is 1. The fourth-order valence-electron chi connectivity index (χ4n) is 2.47. The van der Waals surface area contributed by atoms with E-state index in [9.17, 15) is 9.59 Å². The molecule has 2 aliphatic heterocycles. The number of primary amides is 1. The van der Waals surface area contributed by atoms with E-state index in [0.717, 1.165) is 0 Å². The van der Waals surface area contributed by atoms with Crippen LogP contribution in [0, 0.1) is 0 Å². The predicted octanol–water partition coefficient (Wildman–Crippen LogP) is 1.11. The van der Waals surface area contributed by atoms with E-state index in [-0.39, 0.29) is 17.7 Å². The molecule has 0 fully saturated rings. The Kier molecular flexibility index (Phi) is 4.39. The van der Waals surface area contributed by atoms with Gasteiger partial charge < -0.3 is 21.1 Å². The zero-order chi connectivity index (χ0) is 17.3. The van der Waals surface area contributed by atoms with Crippen LogP contribution in [0.15, 0.2) is 28.2 Å². The zero-order valence-corrected chi connectivity index (χ0v) is 13.6. The molecule has 0 spiro atoms. The third-order valence-corrected chi connectivity index (χ3v) is 3.95. The van der Waals surface area contributed by atoms with Crippen molar-refractivity contribution in [2.24, 2.45) is 15.7 Å². The number of rotatable bonds is 4. The lowest BCUT2D eigenvalue weighted by atomic mass is 10.1. The van der Waals surface area contributed by atoms with Gasteiger partial charge in [0.1, 0.15) is 10.9 Å². The summed E-state index contributed by atoms with van der Waals surface area (Å²) in [6, 6.07) is 4.29. The number of halogens is 1. The lowest BCUT2D eigenvalue weighted by Gasteiger charge is -2.26. The van der Waals surface area contributed by atoms with E-state index in [1.807, 2.05) is 6.92 Å². The maximum Gasteiger partial charge on any atom is 0.262 e. The van der Waals surface area contributed by atoms with Gasteiger partial charge in [-0.1, -0.05) is 18.5 Å². The summed E-state index contributed by atoms with van der Waals surface area (Å²) in [4.78, 5) is 31.7. The van der Waals surface area contributed by atoms with Crippen LogP contribution >= 0.6 is 11.6 Å². The molecule has 2 heterocycles. The quantitative estimate of drug-likeness (QED) is 0.754. The number of aliphatic imine (C=N–C) groups is 2. The van der Waals surface area contributed by atoms with Crippen LogP contribution in [0.2, 0.25) is 0 Å². The minimum absolute atomic E-state index is 0.0133. The van der Waals surface area contributed by atoms with Gasteiger partial charge in [0.2, 0.25) is 5.91 Å². The zero-order valence-electron chi connectivity index (χ0n) is 12.9. The Hall–Kier alpha value is -2.61. The summed E-state index contributed by atoms with van der Waals surface area (Å²) in [5, 5.41) is 6.03. The van der Waals surface area contributed by atoms with Crippen LogP contribution in [0.3, 0.4) is 0 Å². The third kappa shape index (κ3) is 3.18. The summed E-state index contributed by atoms with van der Waals surface area (Å²) in [5.74, 6) is -0.255. The Labute approximate surface area is 143 Å². The molecule has 0 radical (unpaired) electrons. The van der Waals surface area contributed by atoms with Gasteiger partial charge in [-0.2, -0.15) is 0 Å². The van der Waals surface area contributed by atoms with Crippen molar-refractivity contribution in [1.29, 1.82) is 0 Å². The highest BCUT2D eigenvalue weighted by molar-refractivity contribution is 6.84. The minimum atomic E-state index is -0.857. The maximum absolute atomic E-state index is 11.7. The van der Waals surface area contributed by atoms with Crippen LogP contribution in [0.5, 0.6) is 5.75 Å². The molecule has 3 rings (SSSR count). The van der Waals surface area contributed by atoms with Gasteiger partial charge in [0, 0.05) is 5.69 Å². The average Bonchev–Trinajstić information content (AvgIpc) is 2.54. The summed E-state index contributed by atoms with van der Waals surface area (Å²) < 4.78 is 5.30. The van der Waals surface area contributed by atoms with Gasteiger partial charge in [-0.3, -0.25) is 14.6 Å². The standard InChI is InChI=1S/C15H16ClN5O3/c1-2-8-13(16)21-15(12(20-8)14(17)23)18-7-3-4-10-9(5-7)19-11(22)6-24-10/h3-5,12,15,18H,2,6H2,1H3,(H2,17,23)(H,19,22). The second kappa shape index (κ2) is 6.48. The first-order chi connectivity index (χ1) is 11.5. The molecule has 1 aromatic rings. The fraction of sp³-hybridized carbons (Fsp3) is 0.333. The van der Waals surface area contributed by atoms with E-state index in [1.165, 1.54) is 0 Å². The van der Waals surface area contributed by atoms with Crippen LogP contribution in [-0.2, 0) is 9.59 Å². The van der Waals surface area contributed by atoms with E-state index in [0.29, 0.717) is 29.3 Å². The maximum atomic E-state index is 11.7. The molecular formula is C15H16ClN5O3. The molecule has 0 saturated heterocycles. The number of hydrogen-bond acceptors (Lipinski definition) is 6. The Bertz CT molecular complexity index is 761. The van der Waals surface area contributed by atoms with Gasteiger partial charge in [-0.15, -0.1) is 0 Å². The number of carbonyl (C=O) groups is 2. The van der Waals surface area contributed by atoms with Crippen LogP contribution in [-0.4, -0.2) is 41.5 Å². The number of benzene rings is 1. The topological polar surface area (TPSA) is 118 Å². The van der Waals surface area contributed by atoms with Crippen molar-refractivity contribution >= 4 is 45.7 Å². The van der Waals surface area contributed by atoms with Crippen LogP contribution < -0.4 is 21.1 Å². The first-order valence-electron chi connectivity index (χ1n) is 7.41. The first kappa shape index (κ1) is 16.3. The average molecular weight is 350 g/mol. The normalized spacial score (nSPS) is 22.5. The highest BCUT2D eigenvalue weighted by Gasteiger charge is 2.31. The lowest BCUT2D eigenvalue weighted by Crippen LogP contribution is -2.44. The van der Waals surface area contributed by atoms with Crippen molar-refractivity contribution < 1.29 is 14.3 Å². The van der Waals surface area contributed by atoms with Gasteiger partial charge in [-0.05, 0) is 24.6 Å². The number of nitrogens with one attached hydrogen (secondary N) is 2. The number of amides is 2. The molecule has 0 aromatic heterocycles. The van der Waals surface area contributed by atoms with Crippen molar-refractivity contribution in [2.75, 3.05) is 17.2 Å². The van der Waals surface area contributed by atoms with Crippen LogP contribution in [0.25, 0.3) is 0 Å². The molecule has 2 amide bonds. The Morgan fingerprint density at radius 1 is 1.50 bits per heavy atom. The molecular weight excluding hydrogens is 334 g/mol. The minimum Gasteiger partial charge on any atom is -0.482 e. The van der Waals surface area contributed by atoms with Crippen molar-refractivity contribution in [2.45, 2.75) is 25.6 Å². The van der Waals surface area contributed by atoms with Crippen molar-refractivity contribution in [1.82, 2.24) is 0 Å². The summed E-state index contributed by atoms with van der Waals surface area (Å²) in [5.41, 5.74) is 7.13. The third-order valence-electron chi connectivity index (χ3n) is 3.64. The van der Waals surface area contributed by atoms with E-state index >= 15 is 0 Å². The number of nitrogens with two attached hydrogens (primary N) is 1. The highest BCUT2D eigenvalue weighted by Crippen LogP contribution is 2.31. The number of anilines is 2. The number of carbonyl (C=O) groups excluding carboxylic acids is 2. The van der Waals surface area contributed by atoms with Gasteiger partial charge in [0.15, 0.2) is 18.8 Å². The van der Waals surface area contributed by atoms with Gasteiger partial charge in [0.25, 0.3) is 5.91 Å². The Morgan fingerprint density at radius 2 is 2.29 bits per heavy atom. The van der Waals surface area contributed by atoms with Gasteiger partial charge in [0.05, 0.1) is 11.4 Å².